The lowest BCUT2D eigenvalue weighted by Crippen LogP contribution is -2.40. The van der Waals surface area contributed by atoms with Crippen LogP contribution in [0.4, 0.5) is 5.69 Å². The van der Waals surface area contributed by atoms with Gasteiger partial charge in [0.25, 0.3) is 15.9 Å². The van der Waals surface area contributed by atoms with E-state index in [2.05, 4.69) is 4.98 Å². The van der Waals surface area contributed by atoms with E-state index < -0.39 is 22.0 Å². The van der Waals surface area contributed by atoms with Gasteiger partial charge in [-0.15, -0.1) is 0 Å². The van der Waals surface area contributed by atoms with Gasteiger partial charge in [0.1, 0.15) is 18.1 Å². The van der Waals surface area contributed by atoms with Gasteiger partial charge in [-0.25, -0.2) is 17.7 Å². The molecule has 0 N–H and O–H groups in total. The largest absolute Gasteiger partial charge is 0.497 e. The first kappa shape index (κ1) is 19.8. The highest BCUT2D eigenvalue weighted by Crippen LogP contribution is 2.47. The third-order valence-electron chi connectivity index (χ3n) is 5.84. The van der Waals surface area contributed by atoms with Crippen molar-refractivity contribution in [3.8, 4) is 5.75 Å². The number of carbonyl (C=O) groups is 1. The molecule has 0 spiro atoms. The fraction of sp³-hybridized carbons (Fsp3) is 0.273. The van der Waals surface area contributed by atoms with E-state index in [-0.39, 0.29) is 10.9 Å². The number of ether oxygens (including phenoxy) is 1. The minimum atomic E-state index is -4.10. The quantitative estimate of drug-likeness (QED) is 0.602. The molecule has 9 heteroatoms. The SMILES string of the molecule is COc1ccc(S(=O)(=O)N2C(=O)C(N3CCC[C@H]3c3ncco3)c3ccccc32)cc1. The zero-order chi connectivity index (χ0) is 21.6. The summed E-state index contributed by atoms with van der Waals surface area (Å²) < 4.78 is 38.5. The molecule has 0 aliphatic carbocycles. The van der Waals surface area contributed by atoms with Gasteiger partial charge in [0.2, 0.25) is 5.89 Å². The first-order valence-corrected chi connectivity index (χ1v) is 11.4. The van der Waals surface area contributed by atoms with Gasteiger partial charge >= 0.3 is 0 Å². The maximum absolute atomic E-state index is 13.6. The van der Waals surface area contributed by atoms with Gasteiger partial charge in [0, 0.05) is 12.1 Å². The van der Waals surface area contributed by atoms with Crippen LogP contribution in [0.25, 0.3) is 0 Å². The molecule has 1 amide bonds. The molecule has 1 unspecified atom stereocenters. The number of hydrogen-bond donors (Lipinski definition) is 0. The Morgan fingerprint density at radius 3 is 2.61 bits per heavy atom. The zero-order valence-corrected chi connectivity index (χ0v) is 17.7. The van der Waals surface area contributed by atoms with Crippen LogP contribution in [0, 0.1) is 0 Å². The summed E-state index contributed by atoms with van der Waals surface area (Å²) in [7, 11) is -2.59. The first-order chi connectivity index (χ1) is 15.0. The summed E-state index contributed by atoms with van der Waals surface area (Å²) in [6, 6.07) is 12.2. The second-order valence-electron chi connectivity index (χ2n) is 7.51. The summed E-state index contributed by atoms with van der Waals surface area (Å²) in [6.45, 7) is 0.647. The lowest BCUT2D eigenvalue weighted by Gasteiger charge is -2.28. The first-order valence-electron chi connectivity index (χ1n) is 9.99. The summed E-state index contributed by atoms with van der Waals surface area (Å²) in [6.07, 6.45) is 4.75. The van der Waals surface area contributed by atoms with E-state index in [1.54, 1.807) is 30.5 Å². The third-order valence-corrected chi connectivity index (χ3v) is 7.57. The highest BCUT2D eigenvalue weighted by Gasteiger charge is 2.49. The number of fused-ring (bicyclic) bond motifs is 1. The Bertz CT molecular complexity index is 1210. The number of anilines is 1. The van der Waals surface area contributed by atoms with Crippen molar-refractivity contribution in [3.63, 3.8) is 0 Å². The Labute approximate surface area is 180 Å². The number of likely N-dealkylation sites (tertiary alicyclic amines) is 1. The number of benzene rings is 2. The number of oxazole rings is 1. The smallest absolute Gasteiger partial charge is 0.270 e. The van der Waals surface area contributed by atoms with Crippen LogP contribution in [0.2, 0.25) is 0 Å². The van der Waals surface area contributed by atoms with Crippen LogP contribution < -0.4 is 9.04 Å². The molecule has 0 radical (unpaired) electrons. The monoisotopic (exact) mass is 439 g/mol. The summed E-state index contributed by atoms with van der Waals surface area (Å²) in [5, 5.41) is 0. The molecule has 2 aliphatic rings. The number of hydrogen-bond acceptors (Lipinski definition) is 7. The third kappa shape index (κ3) is 3.12. The summed E-state index contributed by atoms with van der Waals surface area (Å²) in [5.74, 6) is 0.588. The average Bonchev–Trinajstić information content (AvgIpc) is 3.51. The number of rotatable bonds is 5. The fourth-order valence-electron chi connectivity index (χ4n) is 4.45. The molecule has 3 aromatic rings. The molecule has 160 valence electrons. The van der Waals surface area contributed by atoms with Gasteiger partial charge in [0.05, 0.1) is 29.9 Å². The topological polar surface area (TPSA) is 93.0 Å². The lowest BCUT2D eigenvalue weighted by molar-refractivity contribution is -0.122. The average molecular weight is 439 g/mol. The van der Waals surface area contributed by atoms with Crippen molar-refractivity contribution in [2.75, 3.05) is 18.0 Å². The van der Waals surface area contributed by atoms with Crippen molar-refractivity contribution in [2.24, 2.45) is 0 Å². The molecule has 31 heavy (non-hydrogen) atoms. The molecule has 1 aromatic heterocycles. The minimum Gasteiger partial charge on any atom is -0.497 e. The normalized spacial score (nSPS) is 21.5. The van der Waals surface area contributed by atoms with Crippen molar-refractivity contribution in [3.05, 3.63) is 72.4 Å². The van der Waals surface area contributed by atoms with E-state index >= 15 is 0 Å². The van der Waals surface area contributed by atoms with Crippen LogP contribution in [0.3, 0.4) is 0 Å². The standard InChI is InChI=1S/C22H21N3O5S/c1-29-15-8-10-16(11-9-15)31(27,28)25-18-6-3-2-5-17(18)20(22(25)26)24-13-4-7-19(24)21-23-12-14-30-21/h2-3,5-6,8-12,14,19-20H,4,7,13H2,1H3/t19-,20?/m0/s1. The van der Waals surface area contributed by atoms with Crippen molar-refractivity contribution < 1.29 is 22.4 Å². The highest BCUT2D eigenvalue weighted by atomic mass is 32.2. The molecule has 2 aliphatic heterocycles. The number of nitrogens with zero attached hydrogens (tertiary/aromatic N) is 3. The van der Waals surface area contributed by atoms with E-state index in [0.29, 0.717) is 29.4 Å². The highest BCUT2D eigenvalue weighted by molar-refractivity contribution is 7.93. The number of methoxy groups -OCH3 is 1. The Morgan fingerprint density at radius 2 is 1.90 bits per heavy atom. The zero-order valence-electron chi connectivity index (χ0n) is 16.8. The molecule has 1 saturated heterocycles. The molecule has 0 saturated carbocycles. The number of sulfonamides is 1. The van der Waals surface area contributed by atoms with Crippen LogP contribution in [0.15, 0.2) is 70.3 Å². The Balaban J connectivity index is 1.57. The van der Waals surface area contributed by atoms with E-state index in [4.69, 9.17) is 9.15 Å². The molecule has 1 fully saturated rings. The molecule has 3 heterocycles. The van der Waals surface area contributed by atoms with E-state index in [1.165, 1.54) is 25.5 Å². The van der Waals surface area contributed by atoms with Crippen LogP contribution in [-0.4, -0.2) is 37.9 Å². The molecule has 2 aromatic carbocycles. The predicted octanol–water partition coefficient (Wildman–Crippen LogP) is 3.30. The predicted molar refractivity (Wildman–Crippen MR) is 112 cm³/mol. The Kier molecular flexibility index (Phi) is 4.79. The van der Waals surface area contributed by atoms with Gasteiger partial charge in [-0.1, -0.05) is 18.2 Å². The van der Waals surface area contributed by atoms with E-state index in [0.717, 1.165) is 17.1 Å². The molecular weight excluding hydrogens is 418 g/mol. The van der Waals surface area contributed by atoms with Crippen LogP contribution in [-0.2, 0) is 14.8 Å². The van der Waals surface area contributed by atoms with E-state index in [1.807, 2.05) is 17.0 Å². The molecule has 8 nitrogen and oxygen atoms in total. The van der Waals surface area contributed by atoms with Crippen molar-refractivity contribution in [2.45, 2.75) is 29.8 Å². The van der Waals surface area contributed by atoms with Crippen molar-refractivity contribution in [1.29, 1.82) is 0 Å². The summed E-state index contributed by atoms with van der Waals surface area (Å²) in [5.41, 5.74) is 1.05. The molecule has 2 atom stereocenters. The van der Waals surface area contributed by atoms with Crippen LogP contribution in [0.1, 0.15) is 36.4 Å². The molecular formula is C22H21N3O5S. The Morgan fingerprint density at radius 1 is 1.13 bits per heavy atom. The number of aromatic nitrogens is 1. The molecule has 0 bridgehead atoms. The van der Waals surface area contributed by atoms with Crippen LogP contribution in [0.5, 0.6) is 5.75 Å². The van der Waals surface area contributed by atoms with Gasteiger partial charge in [-0.3, -0.25) is 9.69 Å². The number of para-hydroxylation sites is 1. The Hall–Kier alpha value is -3.17. The van der Waals surface area contributed by atoms with Gasteiger partial charge in [-0.2, -0.15) is 0 Å². The minimum absolute atomic E-state index is 0.0303. The van der Waals surface area contributed by atoms with Crippen molar-refractivity contribution >= 4 is 21.6 Å². The maximum atomic E-state index is 13.6. The summed E-state index contributed by atoms with van der Waals surface area (Å²) in [4.78, 5) is 19.9. The van der Waals surface area contributed by atoms with Crippen molar-refractivity contribution in [1.82, 2.24) is 9.88 Å². The van der Waals surface area contributed by atoms with Gasteiger partial charge in [0.15, 0.2) is 0 Å². The lowest BCUT2D eigenvalue weighted by atomic mass is 10.1. The van der Waals surface area contributed by atoms with Crippen LogP contribution >= 0.6 is 0 Å². The van der Waals surface area contributed by atoms with Gasteiger partial charge in [-0.05, 0) is 43.2 Å². The molecule has 5 rings (SSSR count). The maximum Gasteiger partial charge on any atom is 0.270 e. The van der Waals surface area contributed by atoms with E-state index in [9.17, 15) is 13.2 Å². The summed E-state index contributed by atoms with van der Waals surface area (Å²) >= 11 is 0. The van der Waals surface area contributed by atoms with Gasteiger partial charge < -0.3 is 9.15 Å². The second-order valence-corrected chi connectivity index (χ2v) is 9.30. The number of amides is 1. The second kappa shape index (κ2) is 7.51. The fourth-order valence-corrected chi connectivity index (χ4v) is 5.90. The number of carbonyl (C=O) groups excluding carboxylic acids is 1.